The van der Waals surface area contributed by atoms with E-state index in [9.17, 15) is 4.79 Å². The van der Waals surface area contributed by atoms with Gasteiger partial charge in [-0.1, -0.05) is 44.5 Å². The number of aromatic nitrogens is 5. The van der Waals surface area contributed by atoms with Gasteiger partial charge in [-0.2, -0.15) is 0 Å². The summed E-state index contributed by atoms with van der Waals surface area (Å²) in [7, 11) is 0. The van der Waals surface area contributed by atoms with Crippen molar-refractivity contribution < 1.29 is 0 Å². The summed E-state index contributed by atoms with van der Waals surface area (Å²) in [5.41, 5.74) is 5.59. The maximum atomic E-state index is 13.5. The van der Waals surface area contributed by atoms with Gasteiger partial charge in [-0.25, -0.2) is 15.0 Å². The Balaban J connectivity index is 1.83. The van der Waals surface area contributed by atoms with E-state index in [1.807, 2.05) is 35.8 Å². The van der Waals surface area contributed by atoms with Gasteiger partial charge in [0.1, 0.15) is 17.2 Å². The maximum Gasteiger partial charge on any atom is 0.265 e. The molecule has 5 rings (SSSR count). The molecule has 32 heavy (non-hydrogen) atoms. The molecule has 3 heterocycles. The SMILES string of the molecule is CCCCc1ccc(-n2c3nc4ccccc4nc3c3c(=O)n(C(C)CC)cnc32)cc1. The van der Waals surface area contributed by atoms with Gasteiger partial charge in [-0.05, 0) is 56.0 Å². The minimum atomic E-state index is -0.0720. The molecule has 0 aliphatic rings. The molecule has 0 aliphatic heterocycles. The largest absolute Gasteiger partial charge is 0.296 e. The predicted molar refractivity (Wildman–Crippen MR) is 130 cm³/mol. The van der Waals surface area contributed by atoms with Gasteiger partial charge in [0.25, 0.3) is 5.56 Å². The van der Waals surface area contributed by atoms with E-state index >= 15 is 0 Å². The average molecular weight is 426 g/mol. The fourth-order valence-electron chi connectivity index (χ4n) is 4.20. The zero-order chi connectivity index (χ0) is 22.2. The van der Waals surface area contributed by atoms with E-state index in [1.54, 1.807) is 10.9 Å². The van der Waals surface area contributed by atoms with Crippen molar-refractivity contribution in [2.45, 2.75) is 52.5 Å². The number of para-hydroxylation sites is 2. The van der Waals surface area contributed by atoms with Crippen LogP contribution in [0.15, 0.2) is 59.7 Å². The zero-order valence-corrected chi connectivity index (χ0v) is 18.7. The first-order chi connectivity index (χ1) is 15.6. The number of nitrogens with zero attached hydrogens (tertiary/aromatic N) is 5. The van der Waals surface area contributed by atoms with Gasteiger partial charge in [-0.3, -0.25) is 13.9 Å². The van der Waals surface area contributed by atoms with E-state index in [-0.39, 0.29) is 11.6 Å². The minimum Gasteiger partial charge on any atom is -0.296 e. The zero-order valence-electron chi connectivity index (χ0n) is 18.7. The molecular formula is C26H27N5O. The quantitative estimate of drug-likeness (QED) is 0.355. The molecule has 6 nitrogen and oxygen atoms in total. The van der Waals surface area contributed by atoms with E-state index in [0.717, 1.165) is 29.6 Å². The van der Waals surface area contributed by atoms with Gasteiger partial charge < -0.3 is 0 Å². The molecule has 0 saturated heterocycles. The molecule has 0 radical (unpaired) electrons. The summed E-state index contributed by atoms with van der Waals surface area (Å²) in [6.45, 7) is 6.30. The summed E-state index contributed by atoms with van der Waals surface area (Å²) in [5.74, 6) is 0. The van der Waals surface area contributed by atoms with Crippen LogP contribution in [0.4, 0.5) is 0 Å². The molecule has 0 saturated carbocycles. The van der Waals surface area contributed by atoms with Crippen molar-refractivity contribution in [3.8, 4) is 5.69 Å². The Bertz CT molecular complexity index is 1480. The summed E-state index contributed by atoms with van der Waals surface area (Å²) in [5, 5.41) is 0.524. The first kappa shape index (κ1) is 20.4. The fraction of sp³-hybridized carbons (Fsp3) is 0.308. The van der Waals surface area contributed by atoms with Crippen LogP contribution in [0.25, 0.3) is 38.9 Å². The second kappa shape index (κ2) is 8.19. The molecule has 5 aromatic rings. The van der Waals surface area contributed by atoms with Gasteiger partial charge >= 0.3 is 0 Å². The topological polar surface area (TPSA) is 65.6 Å². The lowest BCUT2D eigenvalue weighted by molar-refractivity contribution is 0.510. The summed E-state index contributed by atoms with van der Waals surface area (Å²) in [4.78, 5) is 28.0. The van der Waals surface area contributed by atoms with E-state index in [4.69, 9.17) is 15.0 Å². The molecule has 1 atom stereocenters. The first-order valence-electron chi connectivity index (χ1n) is 11.4. The summed E-state index contributed by atoms with van der Waals surface area (Å²) in [6.07, 6.45) is 5.90. The summed E-state index contributed by atoms with van der Waals surface area (Å²) in [6, 6.07) is 16.3. The Morgan fingerprint density at radius 1 is 0.938 bits per heavy atom. The van der Waals surface area contributed by atoms with Crippen LogP contribution in [0.2, 0.25) is 0 Å². The molecule has 3 aromatic heterocycles. The van der Waals surface area contributed by atoms with Crippen LogP contribution in [0.3, 0.4) is 0 Å². The number of fused-ring (bicyclic) bond motifs is 4. The molecule has 1 unspecified atom stereocenters. The number of unbranched alkanes of at least 4 members (excludes halogenated alkanes) is 1. The van der Waals surface area contributed by atoms with Crippen LogP contribution in [0, 0.1) is 0 Å². The van der Waals surface area contributed by atoms with Crippen LogP contribution in [-0.4, -0.2) is 24.1 Å². The lowest BCUT2D eigenvalue weighted by Crippen LogP contribution is -2.23. The Labute approximate surface area is 186 Å². The van der Waals surface area contributed by atoms with Crippen LogP contribution in [0.5, 0.6) is 0 Å². The smallest absolute Gasteiger partial charge is 0.265 e. The molecule has 0 amide bonds. The van der Waals surface area contributed by atoms with Crippen LogP contribution in [-0.2, 0) is 6.42 Å². The number of benzene rings is 2. The van der Waals surface area contributed by atoms with Crippen molar-refractivity contribution in [2.24, 2.45) is 0 Å². The van der Waals surface area contributed by atoms with Crippen molar-refractivity contribution in [3.63, 3.8) is 0 Å². The average Bonchev–Trinajstić information content (AvgIpc) is 3.15. The highest BCUT2D eigenvalue weighted by Gasteiger charge is 2.21. The number of aryl methyl sites for hydroxylation is 1. The van der Waals surface area contributed by atoms with Gasteiger partial charge in [0.05, 0.1) is 11.0 Å². The molecule has 0 aliphatic carbocycles. The monoisotopic (exact) mass is 425 g/mol. The first-order valence-corrected chi connectivity index (χ1v) is 11.4. The summed E-state index contributed by atoms with van der Waals surface area (Å²) < 4.78 is 3.67. The second-order valence-corrected chi connectivity index (χ2v) is 8.40. The second-order valence-electron chi connectivity index (χ2n) is 8.40. The van der Waals surface area contributed by atoms with Gasteiger partial charge in [0.15, 0.2) is 11.3 Å². The van der Waals surface area contributed by atoms with E-state index in [1.165, 1.54) is 18.4 Å². The molecule has 6 heteroatoms. The third kappa shape index (κ3) is 3.27. The highest BCUT2D eigenvalue weighted by atomic mass is 16.1. The van der Waals surface area contributed by atoms with E-state index in [2.05, 4.69) is 38.1 Å². The lowest BCUT2D eigenvalue weighted by Gasteiger charge is -2.12. The number of rotatable bonds is 6. The maximum absolute atomic E-state index is 13.5. The van der Waals surface area contributed by atoms with Crippen LogP contribution < -0.4 is 5.56 Å². The molecule has 162 valence electrons. The van der Waals surface area contributed by atoms with Crippen molar-refractivity contribution in [1.29, 1.82) is 0 Å². The van der Waals surface area contributed by atoms with Gasteiger partial charge in [-0.15, -0.1) is 0 Å². The minimum absolute atomic E-state index is 0.0593. The Hall–Kier alpha value is -3.54. The van der Waals surface area contributed by atoms with Crippen molar-refractivity contribution in [1.82, 2.24) is 24.1 Å². The van der Waals surface area contributed by atoms with Crippen molar-refractivity contribution in [3.05, 3.63) is 70.8 Å². The highest BCUT2D eigenvalue weighted by molar-refractivity contribution is 6.05. The summed E-state index contributed by atoms with van der Waals surface area (Å²) >= 11 is 0. The molecule has 0 N–H and O–H groups in total. The lowest BCUT2D eigenvalue weighted by atomic mass is 10.1. The van der Waals surface area contributed by atoms with Gasteiger partial charge in [0.2, 0.25) is 0 Å². The highest BCUT2D eigenvalue weighted by Crippen LogP contribution is 2.29. The fourth-order valence-corrected chi connectivity index (χ4v) is 4.20. The van der Waals surface area contributed by atoms with E-state index < -0.39 is 0 Å². The normalized spacial score (nSPS) is 12.7. The van der Waals surface area contributed by atoms with Crippen molar-refractivity contribution in [2.75, 3.05) is 0 Å². The van der Waals surface area contributed by atoms with Crippen LogP contribution in [0.1, 0.15) is 51.6 Å². The number of hydrogen-bond acceptors (Lipinski definition) is 4. The van der Waals surface area contributed by atoms with Crippen molar-refractivity contribution >= 4 is 33.2 Å². The molecular weight excluding hydrogens is 398 g/mol. The Morgan fingerprint density at radius 2 is 1.66 bits per heavy atom. The Kier molecular flexibility index (Phi) is 5.21. The third-order valence-electron chi connectivity index (χ3n) is 6.27. The predicted octanol–water partition coefficient (Wildman–Crippen LogP) is 5.60. The third-order valence-corrected chi connectivity index (χ3v) is 6.27. The van der Waals surface area contributed by atoms with Gasteiger partial charge in [0, 0.05) is 11.7 Å². The Morgan fingerprint density at radius 3 is 2.34 bits per heavy atom. The standard InChI is InChI=1S/C26H27N5O/c1-4-6-9-18-12-14-19(15-13-18)31-24-22(26(32)30(16-27-24)17(3)5-2)23-25(31)29-21-11-8-7-10-20(21)28-23/h7-8,10-17H,4-6,9H2,1-3H3. The molecule has 0 fully saturated rings. The van der Waals surface area contributed by atoms with E-state index in [0.29, 0.717) is 22.2 Å². The molecule has 0 spiro atoms. The molecule has 0 bridgehead atoms. The number of hydrogen-bond donors (Lipinski definition) is 0. The van der Waals surface area contributed by atoms with Crippen LogP contribution >= 0.6 is 0 Å². The molecule has 2 aromatic carbocycles.